The topological polar surface area (TPSA) is 135 Å². The van der Waals surface area contributed by atoms with Crippen molar-refractivity contribution in [3.8, 4) is 0 Å². The average Bonchev–Trinajstić information content (AvgIpc) is 2.84. The number of morpholine rings is 1. The van der Waals surface area contributed by atoms with Crippen LogP contribution in [0.2, 0.25) is 0 Å². The number of nitrogens with zero attached hydrogens (tertiary/aromatic N) is 1. The molecule has 1 aliphatic heterocycles. The van der Waals surface area contributed by atoms with Crippen LogP contribution in [0.15, 0.2) is 64.3 Å². The van der Waals surface area contributed by atoms with Gasteiger partial charge in [-0.05, 0) is 37.3 Å². The second-order valence-corrected chi connectivity index (χ2v) is 9.61. The molecular formula is C23H23N3O7S. The Morgan fingerprint density at radius 1 is 1.09 bits per heavy atom. The molecule has 1 aromatic heterocycles. The fourth-order valence-electron chi connectivity index (χ4n) is 3.54. The molecule has 2 N–H and O–H groups in total. The molecule has 2 heterocycles. The van der Waals surface area contributed by atoms with Crippen LogP contribution in [0.1, 0.15) is 17.3 Å². The Kier molecular flexibility index (Phi) is 6.77. The fraction of sp³-hybridized carbons (Fsp3) is 0.261. The van der Waals surface area contributed by atoms with Crippen LogP contribution in [-0.4, -0.2) is 62.0 Å². The van der Waals surface area contributed by atoms with E-state index in [0.717, 1.165) is 6.07 Å². The lowest BCUT2D eigenvalue weighted by molar-refractivity contribution is -0.123. The van der Waals surface area contributed by atoms with E-state index >= 15 is 0 Å². The first-order valence-electron chi connectivity index (χ1n) is 10.6. The second-order valence-electron chi connectivity index (χ2n) is 7.67. The molecule has 34 heavy (non-hydrogen) atoms. The van der Waals surface area contributed by atoms with E-state index in [1.807, 2.05) is 0 Å². The van der Waals surface area contributed by atoms with Gasteiger partial charge in [0.05, 0.1) is 23.7 Å². The van der Waals surface area contributed by atoms with E-state index in [4.69, 9.17) is 9.47 Å². The maximum absolute atomic E-state index is 12.7. The number of esters is 1. The van der Waals surface area contributed by atoms with Crippen molar-refractivity contribution in [2.75, 3.05) is 31.6 Å². The Morgan fingerprint density at radius 3 is 2.47 bits per heavy atom. The Labute approximate surface area is 195 Å². The number of carbonyl (C=O) groups excluding carboxylic acids is 2. The number of sulfonamides is 1. The lowest BCUT2D eigenvalue weighted by Gasteiger charge is -2.26. The molecule has 1 fully saturated rings. The average molecular weight is 486 g/mol. The summed E-state index contributed by atoms with van der Waals surface area (Å²) in [6.45, 7) is 2.66. The third kappa shape index (κ3) is 5.01. The zero-order valence-corrected chi connectivity index (χ0v) is 19.1. The van der Waals surface area contributed by atoms with Crippen molar-refractivity contribution in [1.29, 1.82) is 0 Å². The highest BCUT2D eigenvalue weighted by molar-refractivity contribution is 7.89. The third-order valence-corrected chi connectivity index (χ3v) is 7.27. The summed E-state index contributed by atoms with van der Waals surface area (Å²) in [5.74, 6) is -1.41. The summed E-state index contributed by atoms with van der Waals surface area (Å²) in [5.41, 5.74) is 0.410. The molecule has 0 saturated carbocycles. The van der Waals surface area contributed by atoms with Gasteiger partial charge in [-0.3, -0.25) is 9.59 Å². The van der Waals surface area contributed by atoms with E-state index in [9.17, 15) is 22.8 Å². The molecule has 1 atom stereocenters. The maximum atomic E-state index is 12.7. The second kappa shape index (κ2) is 9.75. The Morgan fingerprint density at radius 2 is 1.76 bits per heavy atom. The fourth-order valence-corrected chi connectivity index (χ4v) is 4.95. The van der Waals surface area contributed by atoms with Gasteiger partial charge in [-0.1, -0.05) is 18.2 Å². The number of pyridine rings is 1. The van der Waals surface area contributed by atoms with Gasteiger partial charge in [0.15, 0.2) is 6.10 Å². The number of amides is 1. The lowest BCUT2D eigenvalue weighted by atomic mass is 10.1. The number of para-hydroxylation sites is 1. The number of hydrogen-bond donors (Lipinski definition) is 2. The minimum absolute atomic E-state index is 0.0525. The first kappa shape index (κ1) is 23.6. The summed E-state index contributed by atoms with van der Waals surface area (Å²) in [6.07, 6.45) is -1.16. The maximum Gasteiger partial charge on any atom is 0.339 e. The van der Waals surface area contributed by atoms with Gasteiger partial charge in [-0.25, -0.2) is 13.2 Å². The van der Waals surface area contributed by atoms with Crippen LogP contribution in [-0.2, 0) is 24.3 Å². The number of aromatic nitrogens is 1. The number of anilines is 1. The first-order valence-corrected chi connectivity index (χ1v) is 12.0. The van der Waals surface area contributed by atoms with Crippen LogP contribution in [0, 0.1) is 0 Å². The van der Waals surface area contributed by atoms with Gasteiger partial charge in [0.1, 0.15) is 0 Å². The minimum atomic E-state index is -3.65. The molecule has 1 aliphatic rings. The van der Waals surface area contributed by atoms with Gasteiger partial charge in [0, 0.05) is 35.7 Å². The number of nitrogens with one attached hydrogen (secondary N) is 2. The number of aromatic amines is 1. The number of carbonyl (C=O) groups is 2. The minimum Gasteiger partial charge on any atom is -0.449 e. The number of ether oxygens (including phenoxy) is 2. The Hall–Kier alpha value is -3.54. The zero-order valence-electron chi connectivity index (χ0n) is 18.3. The van der Waals surface area contributed by atoms with Crippen LogP contribution in [0.25, 0.3) is 10.9 Å². The number of H-pyrrole nitrogens is 1. The van der Waals surface area contributed by atoms with E-state index in [1.165, 1.54) is 35.5 Å². The summed E-state index contributed by atoms with van der Waals surface area (Å²) < 4.78 is 37.2. The van der Waals surface area contributed by atoms with Gasteiger partial charge in [-0.15, -0.1) is 0 Å². The highest BCUT2D eigenvalue weighted by Crippen LogP contribution is 2.20. The molecule has 1 saturated heterocycles. The van der Waals surface area contributed by atoms with E-state index in [-0.39, 0.29) is 23.5 Å². The van der Waals surface area contributed by atoms with E-state index < -0.39 is 33.6 Å². The molecule has 0 aliphatic carbocycles. The van der Waals surface area contributed by atoms with Gasteiger partial charge in [0.25, 0.3) is 5.91 Å². The molecule has 1 amide bonds. The zero-order chi connectivity index (χ0) is 24.3. The van der Waals surface area contributed by atoms with Crippen LogP contribution in [0.5, 0.6) is 0 Å². The molecule has 4 rings (SSSR count). The predicted octanol–water partition coefficient (Wildman–Crippen LogP) is 1.73. The SMILES string of the molecule is C[C@@H](OC(=O)c1cc(=O)[nH]c2ccccc12)C(=O)Nc1ccc(S(=O)(=O)N2CCOCC2)cc1. The summed E-state index contributed by atoms with van der Waals surface area (Å²) in [5, 5.41) is 3.09. The quantitative estimate of drug-likeness (QED) is 0.508. The summed E-state index contributed by atoms with van der Waals surface area (Å²) in [4.78, 5) is 39.8. The first-order chi connectivity index (χ1) is 16.3. The van der Waals surface area contributed by atoms with E-state index in [1.54, 1.807) is 24.3 Å². The van der Waals surface area contributed by atoms with Crippen molar-refractivity contribution in [3.05, 3.63) is 70.5 Å². The van der Waals surface area contributed by atoms with Crippen LogP contribution in [0.4, 0.5) is 5.69 Å². The molecule has 178 valence electrons. The summed E-state index contributed by atoms with van der Waals surface area (Å²) in [7, 11) is -3.65. The molecule has 0 unspecified atom stereocenters. The number of fused-ring (bicyclic) bond motifs is 1. The largest absolute Gasteiger partial charge is 0.449 e. The molecule has 0 radical (unpaired) electrons. The van der Waals surface area contributed by atoms with Crippen LogP contribution in [0.3, 0.4) is 0 Å². The van der Waals surface area contributed by atoms with Crippen molar-refractivity contribution < 1.29 is 27.5 Å². The van der Waals surface area contributed by atoms with E-state index in [0.29, 0.717) is 29.8 Å². The number of hydrogen-bond acceptors (Lipinski definition) is 7. The van der Waals surface area contributed by atoms with Crippen molar-refractivity contribution in [1.82, 2.24) is 9.29 Å². The summed E-state index contributed by atoms with van der Waals surface area (Å²) >= 11 is 0. The monoisotopic (exact) mass is 485 g/mol. The molecule has 0 spiro atoms. The van der Waals surface area contributed by atoms with Gasteiger partial charge < -0.3 is 19.8 Å². The van der Waals surface area contributed by atoms with Crippen molar-refractivity contribution in [3.63, 3.8) is 0 Å². The van der Waals surface area contributed by atoms with Crippen LogP contribution >= 0.6 is 0 Å². The van der Waals surface area contributed by atoms with Crippen LogP contribution < -0.4 is 10.9 Å². The summed E-state index contributed by atoms with van der Waals surface area (Å²) in [6, 6.07) is 13.6. The highest BCUT2D eigenvalue weighted by Gasteiger charge is 2.26. The smallest absolute Gasteiger partial charge is 0.339 e. The molecular weight excluding hydrogens is 462 g/mol. The van der Waals surface area contributed by atoms with E-state index in [2.05, 4.69) is 10.3 Å². The van der Waals surface area contributed by atoms with Gasteiger partial charge in [0.2, 0.25) is 15.6 Å². The number of rotatable bonds is 6. The Balaban J connectivity index is 1.42. The molecule has 11 heteroatoms. The normalized spacial score (nSPS) is 15.6. The Bertz CT molecular complexity index is 1380. The van der Waals surface area contributed by atoms with Crippen molar-refractivity contribution in [2.24, 2.45) is 0 Å². The van der Waals surface area contributed by atoms with Crippen molar-refractivity contribution >= 4 is 38.5 Å². The van der Waals surface area contributed by atoms with Gasteiger partial charge in [-0.2, -0.15) is 4.31 Å². The van der Waals surface area contributed by atoms with Gasteiger partial charge >= 0.3 is 5.97 Å². The number of benzene rings is 2. The molecule has 0 bridgehead atoms. The third-order valence-electron chi connectivity index (χ3n) is 5.35. The highest BCUT2D eigenvalue weighted by atomic mass is 32.2. The molecule has 10 nitrogen and oxygen atoms in total. The predicted molar refractivity (Wildman–Crippen MR) is 124 cm³/mol. The lowest BCUT2D eigenvalue weighted by Crippen LogP contribution is -2.40. The molecule has 3 aromatic rings. The molecule has 2 aromatic carbocycles. The van der Waals surface area contributed by atoms with Crippen molar-refractivity contribution in [2.45, 2.75) is 17.9 Å². The standard InChI is InChI=1S/C23H23N3O7S/c1-15(33-23(29)19-14-21(27)25-20-5-3-2-4-18(19)20)22(28)24-16-6-8-17(9-7-16)34(30,31)26-10-12-32-13-11-26/h2-9,14-15H,10-13H2,1H3,(H,24,28)(H,25,27)/t15-/m1/s1.